The maximum Gasteiger partial charge on any atom is 0.586 e. The molecule has 6 heteroatoms. The number of hydrogen-bond donors (Lipinski definition) is 1. The Kier molecular flexibility index (Phi) is 3.89. The van der Waals surface area contributed by atoms with Gasteiger partial charge in [-0.15, -0.1) is 8.78 Å². The van der Waals surface area contributed by atoms with E-state index in [4.69, 9.17) is 4.74 Å². The molecule has 1 saturated heterocycles. The molecule has 126 valence electrons. The number of fused-ring (bicyclic) bond motifs is 1. The van der Waals surface area contributed by atoms with Gasteiger partial charge < -0.3 is 14.8 Å². The average molecular weight is 324 g/mol. The third-order valence-electron chi connectivity index (χ3n) is 5.17. The molecule has 0 spiro atoms. The SMILES string of the molecule is FC1(F)Oc2cccc([C@@H](C3CCCC3)N3CCNCC3)c2O1. The first-order valence-electron chi connectivity index (χ1n) is 8.47. The molecule has 0 unspecified atom stereocenters. The molecule has 3 aliphatic rings. The number of nitrogens with one attached hydrogen (secondary N) is 1. The van der Waals surface area contributed by atoms with Gasteiger partial charge in [-0.1, -0.05) is 25.0 Å². The molecule has 0 amide bonds. The van der Waals surface area contributed by atoms with Gasteiger partial charge in [0.1, 0.15) is 0 Å². The van der Waals surface area contributed by atoms with Gasteiger partial charge in [-0.05, 0) is 24.8 Å². The molecule has 1 saturated carbocycles. The van der Waals surface area contributed by atoms with Crippen molar-refractivity contribution < 1.29 is 18.3 Å². The second-order valence-electron chi connectivity index (χ2n) is 6.62. The zero-order chi connectivity index (χ0) is 15.9. The normalized spacial score (nSPS) is 25.7. The fourth-order valence-corrected chi connectivity index (χ4v) is 4.21. The van der Waals surface area contributed by atoms with E-state index in [2.05, 4.69) is 15.0 Å². The van der Waals surface area contributed by atoms with Gasteiger partial charge in [0.25, 0.3) is 0 Å². The van der Waals surface area contributed by atoms with E-state index in [1.807, 2.05) is 6.07 Å². The largest absolute Gasteiger partial charge is 0.586 e. The van der Waals surface area contributed by atoms with Crippen LogP contribution in [0.1, 0.15) is 37.3 Å². The molecule has 1 aliphatic carbocycles. The predicted octanol–water partition coefficient (Wildman–Crippen LogP) is 3.14. The minimum absolute atomic E-state index is 0.132. The van der Waals surface area contributed by atoms with Crippen LogP contribution in [0.3, 0.4) is 0 Å². The zero-order valence-corrected chi connectivity index (χ0v) is 13.1. The van der Waals surface area contributed by atoms with E-state index in [-0.39, 0.29) is 17.5 Å². The van der Waals surface area contributed by atoms with Crippen molar-refractivity contribution in [3.63, 3.8) is 0 Å². The van der Waals surface area contributed by atoms with Gasteiger partial charge in [0.2, 0.25) is 0 Å². The summed E-state index contributed by atoms with van der Waals surface area (Å²) in [6, 6.07) is 5.41. The van der Waals surface area contributed by atoms with Crippen molar-refractivity contribution in [2.45, 2.75) is 38.0 Å². The fourth-order valence-electron chi connectivity index (χ4n) is 4.21. The quantitative estimate of drug-likeness (QED) is 0.926. The fraction of sp³-hybridized carbons (Fsp3) is 0.647. The number of para-hydroxylation sites is 1. The van der Waals surface area contributed by atoms with Crippen molar-refractivity contribution in [1.29, 1.82) is 0 Å². The number of halogens is 2. The van der Waals surface area contributed by atoms with Gasteiger partial charge in [0.15, 0.2) is 11.5 Å². The van der Waals surface area contributed by atoms with Crippen LogP contribution in [0.4, 0.5) is 8.78 Å². The Hall–Kier alpha value is -1.40. The number of benzene rings is 1. The lowest BCUT2D eigenvalue weighted by molar-refractivity contribution is -0.287. The van der Waals surface area contributed by atoms with Gasteiger partial charge in [0, 0.05) is 37.8 Å². The van der Waals surface area contributed by atoms with Crippen LogP contribution in [0, 0.1) is 5.92 Å². The molecule has 0 bridgehead atoms. The third kappa shape index (κ3) is 2.90. The molecule has 4 nitrogen and oxygen atoms in total. The van der Waals surface area contributed by atoms with Crippen molar-refractivity contribution in [3.8, 4) is 11.5 Å². The Bertz CT molecular complexity index is 570. The Labute approximate surface area is 134 Å². The van der Waals surface area contributed by atoms with Crippen molar-refractivity contribution in [3.05, 3.63) is 23.8 Å². The topological polar surface area (TPSA) is 33.7 Å². The molecular formula is C17H22F2N2O2. The molecule has 1 aromatic carbocycles. The Balaban J connectivity index is 1.71. The number of hydrogen-bond acceptors (Lipinski definition) is 4. The number of piperazine rings is 1. The molecule has 2 heterocycles. The minimum atomic E-state index is -3.55. The van der Waals surface area contributed by atoms with Crippen LogP contribution in [-0.2, 0) is 0 Å². The standard InChI is InChI=1S/C17H22F2N2O2/c18-17(19)22-14-7-3-6-13(16(14)23-17)15(12-4-1-2-5-12)21-10-8-20-9-11-21/h3,6-7,12,15,20H,1-2,4-5,8-11H2/t15-/m1/s1. The second-order valence-corrected chi connectivity index (χ2v) is 6.62. The van der Waals surface area contributed by atoms with Gasteiger partial charge in [-0.25, -0.2) is 0 Å². The van der Waals surface area contributed by atoms with E-state index in [1.54, 1.807) is 12.1 Å². The van der Waals surface area contributed by atoms with Crippen molar-refractivity contribution >= 4 is 0 Å². The van der Waals surface area contributed by atoms with Gasteiger partial charge in [0.05, 0.1) is 0 Å². The molecule has 0 aromatic heterocycles. The van der Waals surface area contributed by atoms with Crippen molar-refractivity contribution in [2.24, 2.45) is 5.92 Å². The molecule has 1 N–H and O–H groups in total. The summed E-state index contributed by atoms with van der Waals surface area (Å²) in [5.41, 5.74) is 0.855. The van der Waals surface area contributed by atoms with E-state index in [0.717, 1.165) is 44.6 Å². The average Bonchev–Trinajstić information content (AvgIpc) is 3.15. The van der Waals surface area contributed by atoms with Crippen LogP contribution >= 0.6 is 0 Å². The van der Waals surface area contributed by atoms with Gasteiger partial charge in [-0.2, -0.15) is 0 Å². The van der Waals surface area contributed by atoms with Gasteiger partial charge >= 0.3 is 6.29 Å². The minimum Gasteiger partial charge on any atom is -0.395 e. The van der Waals surface area contributed by atoms with Crippen molar-refractivity contribution in [1.82, 2.24) is 10.2 Å². The Morgan fingerprint density at radius 1 is 1.13 bits per heavy atom. The summed E-state index contributed by atoms with van der Waals surface area (Å²) in [7, 11) is 0. The van der Waals surface area contributed by atoms with Crippen LogP contribution in [0.25, 0.3) is 0 Å². The molecule has 23 heavy (non-hydrogen) atoms. The highest BCUT2D eigenvalue weighted by Crippen LogP contribution is 2.49. The van der Waals surface area contributed by atoms with Crippen LogP contribution in [0.15, 0.2) is 18.2 Å². The third-order valence-corrected chi connectivity index (χ3v) is 5.17. The highest BCUT2D eigenvalue weighted by Gasteiger charge is 2.46. The summed E-state index contributed by atoms with van der Waals surface area (Å²) in [5.74, 6) is 0.885. The summed E-state index contributed by atoms with van der Waals surface area (Å²) in [6.07, 6.45) is 1.18. The van der Waals surface area contributed by atoms with E-state index in [9.17, 15) is 8.78 Å². The number of rotatable bonds is 3. The molecule has 4 rings (SSSR count). The van der Waals surface area contributed by atoms with Gasteiger partial charge in [-0.3, -0.25) is 4.90 Å². The van der Waals surface area contributed by atoms with E-state index < -0.39 is 6.29 Å². The summed E-state index contributed by atoms with van der Waals surface area (Å²) in [6.45, 7) is 3.74. The predicted molar refractivity (Wildman–Crippen MR) is 81.8 cm³/mol. The van der Waals surface area contributed by atoms with Crippen molar-refractivity contribution in [2.75, 3.05) is 26.2 Å². The zero-order valence-electron chi connectivity index (χ0n) is 13.1. The first-order chi connectivity index (χ1) is 11.1. The monoisotopic (exact) mass is 324 g/mol. The molecule has 2 aliphatic heterocycles. The first kappa shape index (κ1) is 15.1. The molecule has 1 atom stereocenters. The molecular weight excluding hydrogens is 302 g/mol. The first-order valence-corrected chi connectivity index (χ1v) is 8.47. The number of nitrogens with zero attached hydrogens (tertiary/aromatic N) is 1. The van der Waals surface area contributed by atoms with Crippen LogP contribution in [-0.4, -0.2) is 37.4 Å². The lowest BCUT2D eigenvalue weighted by Crippen LogP contribution is -2.46. The van der Waals surface area contributed by atoms with E-state index in [1.165, 1.54) is 12.8 Å². The molecule has 2 fully saturated rings. The maximum absolute atomic E-state index is 13.5. The number of alkyl halides is 2. The highest BCUT2D eigenvalue weighted by molar-refractivity contribution is 5.50. The summed E-state index contributed by atoms with van der Waals surface area (Å²) in [4.78, 5) is 2.42. The summed E-state index contributed by atoms with van der Waals surface area (Å²) in [5, 5.41) is 3.36. The van der Waals surface area contributed by atoms with Crippen LogP contribution < -0.4 is 14.8 Å². The highest BCUT2D eigenvalue weighted by atomic mass is 19.3. The lowest BCUT2D eigenvalue weighted by Gasteiger charge is -2.38. The summed E-state index contributed by atoms with van der Waals surface area (Å²) >= 11 is 0. The second kappa shape index (κ2) is 5.91. The van der Waals surface area contributed by atoms with Crippen LogP contribution in [0.2, 0.25) is 0 Å². The Morgan fingerprint density at radius 2 is 1.87 bits per heavy atom. The lowest BCUT2D eigenvalue weighted by atomic mass is 9.89. The summed E-state index contributed by atoms with van der Waals surface area (Å²) < 4.78 is 36.6. The number of ether oxygens (including phenoxy) is 2. The van der Waals surface area contributed by atoms with E-state index in [0.29, 0.717) is 5.92 Å². The smallest absolute Gasteiger partial charge is 0.395 e. The molecule has 0 radical (unpaired) electrons. The maximum atomic E-state index is 13.5. The van der Waals surface area contributed by atoms with Crippen LogP contribution in [0.5, 0.6) is 11.5 Å². The molecule has 1 aromatic rings. The van der Waals surface area contributed by atoms with E-state index >= 15 is 0 Å². The Morgan fingerprint density at radius 3 is 2.61 bits per heavy atom.